The van der Waals surface area contributed by atoms with Gasteiger partial charge in [0.2, 0.25) is 11.3 Å². The van der Waals surface area contributed by atoms with Crippen molar-refractivity contribution in [3.8, 4) is 11.5 Å². The van der Waals surface area contributed by atoms with Crippen LogP contribution in [0.2, 0.25) is 0 Å². The van der Waals surface area contributed by atoms with E-state index in [9.17, 15) is 20.2 Å². The molecule has 0 fully saturated rings. The molecule has 3 aromatic rings. The average molecular weight is 354 g/mol. The molecule has 26 heavy (non-hydrogen) atoms. The van der Waals surface area contributed by atoms with E-state index in [1.165, 1.54) is 12.1 Å². The van der Waals surface area contributed by atoms with Crippen molar-refractivity contribution < 1.29 is 19.2 Å². The highest BCUT2D eigenvalue weighted by molar-refractivity contribution is 5.77. The molecule has 0 aliphatic carbocycles. The molecule has 0 aliphatic rings. The van der Waals surface area contributed by atoms with E-state index >= 15 is 0 Å². The lowest BCUT2D eigenvalue weighted by molar-refractivity contribution is -0.673. The zero-order valence-corrected chi connectivity index (χ0v) is 14.2. The van der Waals surface area contributed by atoms with Gasteiger partial charge < -0.3 is 4.74 Å². The zero-order chi connectivity index (χ0) is 18.8. The van der Waals surface area contributed by atoms with Gasteiger partial charge in [-0.15, -0.1) is 0 Å². The van der Waals surface area contributed by atoms with E-state index in [0.717, 1.165) is 29.2 Å². The number of benzene rings is 2. The summed E-state index contributed by atoms with van der Waals surface area (Å²) in [7, 11) is 0. The molecular formula is C18H16N3O5+. The first-order valence-corrected chi connectivity index (χ1v) is 7.94. The summed E-state index contributed by atoms with van der Waals surface area (Å²) < 4.78 is 7.78. The van der Waals surface area contributed by atoms with Gasteiger partial charge in [0.25, 0.3) is 5.69 Å². The van der Waals surface area contributed by atoms with Crippen LogP contribution in [0.25, 0.3) is 10.9 Å². The average Bonchev–Trinajstić information content (AvgIpc) is 2.61. The van der Waals surface area contributed by atoms with E-state index < -0.39 is 15.5 Å². The lowest BCUT2D eigenvalue weighted by atomic mass is 10.2. The molecule has 0 saturated carbocycles. The van der Waals surface area contributed by atoms with Crippen molar-refractivity contribution in [3.05, 3.63) is 74.5 Å². The highest BCUT2D eigenvalue weighted by Gasteiger charge is 2.22. The Balaban J connectivity index is 2.06. The number of nitrogens with zero attached hydrogens (tertiary/aromatic N) is 3. The molecule has 1 heterocycles. The number of aryl methyl sites for hydroxylation is 2. The Morgan fingerprint density at radius 3 is 2.38 bits per heavy atom. The Morgan fingerprint density at radius 2 is 1.73 bits per heavy atom. The number of ether oxygens (including phenoxy) is 1. The quantitative estimate of drug-likeness (QED) is 0.391. The van der Waals surface area contributed by atoms with Crippen LogP contribution in [-0.4, -0.2) is 9.85 Å². The van der Waals surface area contributed by atoms with E-state index in [1.54, 1.807) is 12.1 Å². The number of non-ortho nitro benzene ring substituents is 1. The summed E-state index contributed by atoms with van der Waals surface area (Å²) in [5, 5.41) is 23.1. The first-order valence-electron chi connectivity index (χ1n) is 7.94. The molecule has 0 N–H and O–H groups in total. The number of hydrogen-bond donors (Lipinski definition) is 0. The van der Waals surface area contributed by atoms with Crippen LogP contribution in [0.1, 0.15) is 12.6 Å². The summed E-state index contributed by atoms with van der Waals surface area (Å²) in [5.74, 6) is 0.373. The highest BCUT2D eigenvalue weighted by Crippen LogP contribution is 2.35. The summed E-state index contributed by atoms with van der Waals surface area (Å²) in [6.45, 7) is 4.79. The van der Waals surface area contributed by atoms with Crippen molar-refractivity contribution in [1.82, 2.24) is 0 Å². The molecule has 1 aromatic heterocycles. The molecule has 2 aromatic carbocycles. The Kier molecular flexibility index (Phi) is 4.49. The molecule has 8 nitrogen and oxygen atoms in total. The van der Waals surface area contributed by atoms with Crippen molar-refractivity contribution in [1.29, 1.82) is 0 Å². The highest BCUT2D eigenvalue weighted by atomic mass is 16.6. The molecule has 0 spiro atoms. The molecular weight excluding hydrogens is 338 g/mol. The maximum Gasteiger partial charge on any atom is 0.318 e. The maximum atomic E-state index is 11.2. The second kappa shape index (κ2) is 6.75. The van der Waals surface area contributed by atoms with Crippen molar-refractivity contribution in [2.75, 3.05) is 0 Å². The first-order chi connectivity index (χ1) is 12.4. The third-order valence-electron chi connectivity index (χ3n) is 4.12. The largest absolute Gasteiger partial charge is 0.450 e. The van der Waals surface area contributed by atoms with Gasteiger partial charge in [-0.05, 0) is 31.2 Å². The second-order valence-electron chi connectivity index (χ2n) is 5.71. The van der Waals surface area contributed by atoms with E-state index in [2.05, 4.69) is 4.57 Å². The lowest BCUT2D eigenvalue weighted by Crippen LogP contribution is -2.36. The Bertz CT molecular complexity index is 1030. The van der Waals surface area contributed by atoms with Gasteiger partial charge in [-0.2, -0.15) is 4.57 Å². The number of rotatable bonds is 5. The zero-order valence-electron chi connectivity index (χ0n) is 14.2. The van der Waals surface area contributed by atoms with Crippen LogP contribution in [-0.2, 0) is 6.54 Å². The van der Waals surface area contributed by atoms with Crippen LogP contribution < -0.4 is 9.30 Å². The molecule has 0 radical (unpaired) electrons. The molecule has 132 valence electrons. The number of hydrogen-bond acceptors (Lipinski definition) is 5. The number of fused-ring (bicyclic) bond motifs is 1. The normalized spacial score (nSPS) is 10.7. The minimum Gasteiger partial charge on any atom is -0.450 e. The Labute approximate surface area is 148 Å². The third kappa shape index (κ3) is 3.16. The SMILES string of the molecule is CC[n+]1c(C)ccc2ccc(Oc3ccc([N+](=O)[O-])cc3[N+](=O)[O-])cc21. The Morgan fingerprint density at radius 1 is 1.00 bits per heavy atom. The van der Waals surface area contributed by atoms with E-state index in [0.29, 0.717) is 5.75 Å². The van der Waals surface area contributed by atoms with Gasteiger partial charge in [0.05, 0.1) is 22.0 Å². The van der Waals surface area contributed by atoms with Gasteiger partial charge in [-0.1, -0.05) is 0 Å². The maximum absolute atomic E-state index is 11.2. The number of pyridine rings is 1. The fourth-order valence-electron chi connectivity index (χ4n) is 2.85. The molecule has 0 amide bonds. The fraction of sp³-hybridized carbons (Fsp3) is 0.167. The molecule has 0 aliphatic heterocycles. The van der Waals surface area contributed by atoms with Crippen LogP contribution in [0.4, 0.5) is 11.4 Å². The number of nitro groups is 2. The van der Waals surface area contributed by atoms with Crippen molar-refractivity contribution in [2.45, 2.75) is 20.4 Å². The molecule has 8 heteroatoms. The molecule has 0 bridgehead atoms. The summed E-state index contributed by atoms with van der Waals surface area (Å²) in [6.07, 6.45) is 0. The van der Waals surface area contributed by atoms with Crippen LogP contribution in [0, 0.1) is 27.2 Å². The first kappa shape index (κ1) is 17.3. The molecule has 3 rings (SSSR count). The lowest BCUT2D eigenvalue weighted by Gasteiger charge is -2.08. The van der Waals surface area contributed by atoms with Crippen LogP contribution in [0.15, 0.2) is 48.5 Å². The van der Waals surface area contributed by atoms with Crippen molar-refractivity contribution in [3.63, 3.8) is 0 Å². The van der Waals surface area contributed by atoms with Crippen LogP contribution >= 0.6 is 0 Å². The summed E-state index contributed by atoms with van der Waals surface area (Å²) in [4.78, 5) is 20.7. The topological polar surface area (TPSA) is 99.4 Å². The second-order valence-corrected chi connectivity index (χ2v) is 5.71. The van der Waals surface area contributed by atoms with Gasteiger partial charge >= 0.3 is 5.69 Å². The predicted octanol–water partition coefficient (Wildman–Crippen LogP) is 4.06. The van der Waals surface area contributed by atoms with E-state index in [4.69, 9.17) is 4.74 Å². The standard InChI is InChI=1S/C18H16N3O5/c1-3-19-12(2)4-5-13-6-8-15(11-16(13)19)26-18-9-7-14(20(22)23)10-17(18)21(24)25/h4-11H,3H2,1-2H3/q+1. The number of aromatic nitrogens is 1. The van der Waals surface area contributed by atoms with Gasteiger partial charge in [-0.3, -0.25) is 20.2 Å². The predicted molar refractivity (Wildman–Crippen MR) is 94.4 cm³/mol. The third-order valence-corrected chi connectivity index (χ3v) is 4.12. The van der Waals surface area contributed by atoms with Crippen molar-refractivity contribution >= 4 is 22.3 Å². The monoisotopic (exact) mass is 354 g/mol. The molecule has 0 saturated heterocycles. The van der Waals surface area contributed by atoms with Gasteiger partial charge in [-0.25, -0.2) is 0 Å². The number of nitro benzene ring substituents is 2. The molecule has 0 unspecified atom stereocenters. The fourth-order valence-corrected chi connectivity index (χ4v) is 2.85. The van der Waals surface area contributed by atoms with Crippen molar-refractivity contribution in [2.24, 2.45) is 0 Å². The molecule has 0 atom stereocenters. The summed E-state index contributed by atoms with van der Waals surface area (Å²) in [5.41, 5.74) is 1.21. The van der Waals surface area contributed by atoms with Crippen LogP contribution in [0.3, 0.4) is 0 Å². The van der Waals surface area contributed by atoms with E-state index in [-0.39, 0.29) is 11.4 Å². The minimum absolute atomic E-state index is 0.0457. The summed E-state index contributed by atoms with van der Waals surface area (Å²) in [6, 6.07) is 12.7. The van der Waals surface area contributed by atoms with E-state index in [1.807, 2.05) is 32.0 Å². The van der Waals surface area contributed by atoms with Gasteiger partial charge in [0.1, 0.15) is 12.3 Å². The van der Waals surface area contributed by atoms with Gasteiger partial charge in [0.15, 0.2) is 5.69 Å². The summed E-state index contributed by atoms with van der Waals surface area (Å²) >= 11 is 0. The Hall–Kier alpha value is -3.55. The van der Waals surface area contributed by atoms with Gasteiger partial charge in [0, 0.05) is 24.4 Å². The minimum atomic E-state index is -0.695. The smallest absolute Gasteiger partial charge is 0.318 e. The van der Waals surface area contributed by atoms with Crippen LogP contribution in [0.5, 0.6) is 11.5 Å².